The van der Waals surface area contributed by atoms with Gasteiger partial charge in [-0.15, -0.1) is 23.1 Å². The molecule has 31 heavy (non-hydrogen) atoms. The van der Waals surface area contributed by atoms with Crippen molar-refractivity contribution in [2.45, 2.75) is 22.7 Å². The maximum Gasteiger partial charge on any atom is 0.352 e. The van der Waals surface area contributed by atoms with Gasteiger partial charge in [-0.05, 0) is 47.7 Å². The van der Waals surface area contributed by atoms with Gasteiger partial charge in [0.2, 0.25) is 5.91 Å². The van der Waals surface area contributed by atoms with Gasteiger partial charge in [-0.2, -0.15) is 0 Å². The number of carboxylic acid groups (broad SMARTS) is 1. The summed E-state index contributed by atoms with van der Waals surface area (Å²) in [5.41, 5.74) is 0.453. The molecular formula is C20H19N3O5S3. The number of hydrogen-bond donors (Lipinski definition) is 3. The summed E-state index contributed by atoms with van der Waals surface area (Å²) >= 11 is 4.01. The Balaban J connectivity index is 1.42. The highest BCUT2D eigenvalue weighted by Crippen LogP contribution is 2.40. The number of hydrogen-bond acceptors (Lipinski definition) is 8. The van der Waals surface area contributed by atoms with E-state index >= 15 is 0 Å². The van der Waals surface area contributed by atoms with Crippen LogP contribution in [0, 0.1) is 0 Å². The second-order valence-electron chi connectivity index (χ2n) is 6.85. The minimum atomic E-state index is -1.18. The van der Waals surface area contributed by atoms with Crippen molar-refractivity contribution in [1.82, 2.24) is 10.2 Å². The number of thiophene rings is 1. The van der Waals surface area contributed by atoms with Crippen molar-refractivity contribution < 1.29 is 24.2 Å². The SMILES string of the molecule is NSc1ccc(OCC2=C(C(=O)O)N3C(=O)C(NC(=O)Cc4cccs4)[C@H]3SC2)cc1. The molecule has 8 nitrogen and oxygen atoms in total. The Morgan fingerprint density at radius 1 is 1.29 bits per heavy atom. The van der Waals surface area contributed by atoms with Crippen LogP contribution in [0.5, 0.6) is 5.75 Å². The fourth-order valence-electron chi connectivity index (χ4n) is 3.38. The molecule has 1 fully saturated rings. The number of carbonyl (C=O) groups excluding carboxylic acids is 2. The molecule has 1 aromatic heterocycles. The molecule has 2 aliphatic rings. The fourth-order valence-corrected chi connectivity index (χ4v) is 5.70. The molecule has 2 atom stereocenters. The number of β-lactam (4-membered cyclic amide) rings is 1. The van der Waals surface area contributed by atoms with Crippen LogP contribution in [0.15, 0.2) is 57.9 Å². The van der Waals surface area contributed by atoms with Gasteiger partial charge in [0.05, 0.1) is 6.42 Å². The summed E-state index contributed by atoms with van der Waals surface area (Å²) in [5, 5.41) is 19.4. The molecule has 4 rings (SSSR count). The van der Waals surface area contributed by atoms with Crippen LogP contribution >= 0.6 is 35.0 Å². The topological polar surface area (TPSA) is 122 Å². The van der Waals surface area contributed by atoms with E-state index in [0.29, 0.717) is 17.1 Å². The smallest absolute Gasteiger partial charge is 0.352 e. The third kappa shape index (κ3) is 4.59. The quantitative estimate of drug-likeness (QED) is 0.390. The van der Waals surface area contributed by atoms with Gasteiger partial charge in [-0.25, -0.2) is 4.79 Å². The first-order chi connectivity index (χ1) is 15.0. The summed E-state index contributed by atoms with van der Waals surface area (Å²) in [6, 6.07) is 10.1. The predicted molar refractivity (Wildman–Crippen MR) is 120 cm³/mol. The van der Waals surface area contributed by atoms with E-state index in [-0.39, 0.29) is 24.6 Å². The normalized spacial score (nSPS) is 20.2. The number of aliphatic carboxylic acids is 1. The van der Waals surface area contributed by atoms with Gasteiger partial charge in [0, 0.05) is 21.1 Å². The lowest BCUT2D eigenvalue weighted by molar-refractivity contribution is -0.150. The maximum absolute atomic E-state index is 12.7. The van der Waals surface area contributed by atoms with E-state index in [0.717, 1.165) is 21.7 Å². The van der Waals surface area contributed by atoms with Crippen molar-refractivity contribution in [3.8, 4) is 5.75 Å². The van der Waals surface area contributed by atoms with E-state index in [1.165, 1.54) is 28.0 Å². The lowest BCUT2D eigenvalue weighted by Gasteiger charge is -2.49. The van der Waals surface area contributed by atoms with Crippen molar-refractivity contribution in [2.24, 2.45) is 5.14 Å². The predicted octanol–water partition coefficient (Wildman–Crippen LogP) is 2.07. The highest BCUT2D eigenvalue weighted by Gasteiger charge is 2.54. The van der Waals surface area contributed by atoms with E-state index < -0.39 is 23.3 Å². The van der Waals surface area contributed by atoms with Gasteiger partial charge in [0.25, 0.3) is 5.91 Å². The summed E-state index contributed by atoms with van der Waals surface area (Å²) in [5.74, 6) is -0.887. The lowest BCUT2D eigenvalue weighted by Crippen LogP contribution is -2.70. The van der Waals surface area contributed by atoms with Gasteiger partial charge in [-0.1, -0.05) is 6.07 Å². The Morgan fingerprint density at radius 3 is 2.71 bits per heavy atom. The molecule has 0 saturated carbocycles. The Hall–Kier alpha value is -2.47. The van der Waals surface area contributed by atoms with Crippen LogP contribution in [-0.2, 0) is 20.8 Å². The molecule has 3 heterocycles. The number of rotatable bonds is 8. The van der Waals surface area contributed by atoms with Gasteiger partial charge < -0.3 is 15.2 Å². The van der Waals surface area contributed by atoms with Crippen LogP contribution < -0.4 is 15.2 Å². The van der Waals surface area contributed by atoms with Gasteiger partial charge in [0.15, 0.2) is 0 Å². The zero-order valence-corrected chi connectivity index (χ0v) is 18.6. The van der Waals surface area contributed by atoms with Crippen molar-refractivity contribution in [2.75, 3.05) is 12.4 Å². The molecule has 2 amide bonds. The van der Waals surface area contributed by atoms with Crippen LogP contribution in [-0.4, -0.2) is 51.6 Å². The van der Waals surface area contributed by atoms with Crippen LogP contribution in [0.1, 0.15) is 4.88 Å². The highest BCUT2D eigenvalue weighted by atomic mass is 32.2. The van der Waals surface area contributed by atoms with Gasteiger partial charge >= 0.3 is 5.97 Å². The number of fused-ring (bicyclic) bond motifs is 1. The number of benzene rings is 1. The van der Waals surface area contributed by atoms with Crippen LogP contribution in [0.2, 0.25) is 0 Å². The Labute approximate surface area is 191 Å². The third-order valence-corrected chi connectivity index (χ3v) is 7.61. The molecular weight excluding hydrogens is 458 g/mol. The molecule has 1 aromatic carbocycles. The number of nitrogens with one attached hydrogen (secondary N) is 1. The number of nitrogens with two attached hydrogens (primary N) is 1. The molecule has 2 aliphatic heterocycles. The first-order valence-electron chi connectivity index (χ1n) is 9.29. The maximum atomic E-state index is 12.7. The van der Waals surface area contributed by atoms with Crippen molar-refractivity contribution >= 4 is 52.8 Å². The summed E-state index contributed by atoms with van der Waals surface area (Å²) in [6.07, 6.45) is 0.195. The average Bonchev–Trinajstić information content (AvgIpc) is 3.28. The molecule has 0 spiro atoms. The standard InChI is InChI=1S/C20H19N3O5S3/c21-31-13-5-3-12(4-6-13)28-9-11-10-30-19-16(18(25)23(19)17(11)20(26)27)22-15(24)8-14-2-1-7-29-14/h1-7,16,19H,8-10,21H2,(H,22,24)(H,26,27)/t16?,19-/m1/s1. The van der Waals surface area contributed by atoms with Crippen molar-refractivity contribution in [1.29, 1.82) is 0 Å². The minimum Gasteiger partial charge on any atom is -0.489 e. The minimum absolute atomic E-state index is 0.0512. The third-order valence-electron chi connectivity index (χ3n) is 4.85. The fraction of sp³-hybridized carbons (Fsp3) is 0.250. The first-order valence-corrected chi connectivity index (χ1v) is 12.1. The van der Waals surface area contributed by atoms with Crippen LogP contribution in [0.25, 0.3) is 0 Å². The monoisotopic (exact) mass is 477 g/mol. The first kappa shape index (κ1) is 21.8. The average molecular weight is 478 g/mol. The molecule has 162 valence electrons. The second kappa shape index (κ2) is 9.35. The highest BCUT2D eigenvalue weighted by molar-refractivity contribution is 8.00. The van der Waals surface area contributed by atoms with Crippen molar-refractivity contribution in [3.05, 3.63) is 57.9 Å². The Morgan fingerprint density at radius 2 is 2.06 bits per heavy atom. The molecule has 1 unspecified atom stereocenters. The van der Waals surface area contributed by atoms with Gasteiger partial charge in [-0.3, -0.25) is 19.6 Å². The second-order valence-corrected chi connectivity index (χ2v) is 9.69. The van der Waals surface area contributed by atoms with Crippen LogP contribution in [0.3, 0.4) is 0 Å². The number of ether oxygens (including phenoxy) is 1. The number of amides is 2. The molecule has 0 bridgehead atoms. The molecule has 0 radical (unpaired) electrons. The Kier molecular flexibility index (Phi) is 6.56. The van der Waals surface area contributed by atoms with E-state index in [9.17, 15) is 19.5 Å². The Bertz CT molecular complexity index is 1020. The molecule has 1 saturated heterocycles. The lowest BCUT2D eigenvalue weighted by atomic mass is 10.0. The molecule has 4 N–H and O–H groups in total. The van der Waals surface area contributed by atoms with E-state index in [4.69, 9.17) is 9.88 Å². The molecule has 2 aromatic rings. The van der Waals surface area contributed by atoms with E-state index in [1.807, 2.05) is 17.5 Å². The summed E-state index contributed by atoms with van der Waals surface area (Å²) in [7, 11) is 0. The molecule has 11 heteroatoms. The number of carbonyl (C=O) groups is 3. The number of nitrogens with zero attached hydrogens (tertiary/aromatic N) is 1. The van der Waals surface area contributed by atoms with E-state index in [2.05, 4.69) is 5.32 Å². The van der Waals surface area contributed by atoms with Crippen molar-refractivity contribution in [3.63, 3.8) is 0 Å². The van der Waals surface area contributed by atoms with E-state index in [1.54, 1.807) is 24.3 Å². The summed E-state index contributed by atoms with van der Waals surface area (Å²) in [4.78, 5) is 39.9. The zero-order chi connectivity index (χ0) is 22.0. The summed E-state index contributed by atoms with van der Waals surface area (Å²) in [6.45, 7) is 0.0512. The summed E-state index contributed by atoms with van der Waals surface area (Å²) < 4.78 is 5.73. The van der Waals surface area contributed by atoms with Gasteiger partial charge in [0.1, 0.15) is 29.5 Å². The zero-order valence-electron chi connectivity index (χ0n) is 16.1. The molecule has 0 aliphatic carbocycles. The van der Waals surface area contributed by atoms with Crippen LogP contribution in [0.4, 0.5) is 0 Å². The number of carboxylic acids is 1. The largest absolute Gasteiger partial charge is 0.489 e. The number of thioether (sulfide) groups is 1.